The number of hydrogen-bond donors (Lipinski definition) is 0. The average Bonchev–Trinajstić information content (AvgIpc) is 3.25. The molecule has 0 aromatic carbocycles. The van der Waals surface area contributed by atoms with Gasteiger partial charge in [-0.2, -0.15) is 0 Å². The highest BCUT2D eigenvalue weighted by molar-refractivity contribution is 7.78. The molecule has 0 saturated heterocycles. The fourth-order valence-corrected chi connectivity index (χ4v) is 5.78. The van der Waals surface area contributed by atoms with Gasteiger partial charge >= 0.3 is 0 Å². The predicted molar refractivity (Wildman–Crippen MR) is 104 cm³/mol. The Balaban J connectivity index is 2.27. The van der Waals surface area contributed by atoms with Crippen LogP contribution in [0.25, 0.3) is 0 Å². The summed E-state index contributed by atoms with van der Waals surface area (Å²) >= 11 is 0. The smallest absolute Gasteiger partial charge is 0.147 e. The van der Waals surface area contributed by atoms with Crippen molar-refractivity contribution >= 4 is 24.6 Å². The third-order valence-electron chi connectivity index (χ3n) is 4.25. The van der Waals surface area contributed by atoms with Crippen LogP contribution in [-0.2, 0) is 19.6 Å². The number of imidazole rings is 3. The first-order chi connectivity index (χ1) is 12.0. The molecule has 25 heavy (non-hydrogen) atoms. The van der Waals surface area contributed by atoms with E-state index in [4.69, 9.17) is 15.0 Å². The largest absolute Gasteiger partial charge is 0.331 e. The van der Waals surface area contributed by atoms with Gasteiger partial charge in [-0.3, -0.25) is 0 Å². The molecule has 7 heteroatoms. The quantitative estimate of drug-likeness (QED) is 0.634. The van der Waals surface area contributed by atoms with Gasteiger partial charge in [-0.1, -0.05) is 0 Å². The van der Waals surface area contributed by atoms with Crippen LogP contribution in [0.1, 0.15) is 37.9 Å². The summed E-state index contributed by atoms with van der Waals surface area (Å²) in [6.45, 7) is 15.3. The van der Waals surface area contributed by atoms with Crippen LogP contribution in [0.15, 0.2) is 18.6 Å². The second-order valence-electron chi connectivity index (χ2n) is 6.24. The van der Waals surface area contributed by atoms with E-state index in [1.54, 1.807) is 0 Å². The lowest BCUT2D eigenvalue weighted by Gasteiger charge is -2.19. The van der Waals surface area contributed by atoms with Crippen LogP contribution in [-0.4, -0.2) is 28.7 Å². The molecule has 0 bridgehead atoms. The van der Waals surface area contributed by atoms with Crippen molar-refractivity contribution in [3.63, 3.8) is 0 Å². The van der Waals surface area contributed by atoms with Crippen LogP contribution in [0, 0.1) is 20.8 Å². The van der Waals surface area contributed by atoms with Crippen molar-refractivity contribution in [1.29, 1.82) is 0 Å². The third kappa shape index (κ3) is 3.28. The number of hydrogen-bond acceptors (Lipinski definition) is 3. The van der Waals surface area contributed by atoms with Gasteiger partial charge in [0, 0.05) is 38.2 Å². The highest BCUT2D eigenvalue weighted by atomic mass is 31.1. The normalized spacial score (nSPS) is 11.6. The van der Waals surface area contributed by atoms with Gasteiger partial charge in [0.15, 0.2) is 0 Å². The molecule has 0 amide bonds. The molecule has 3 rings (SSSR count). The van der Waals surface area contributed by atoms with E-state index in [1.165, 1.54) is 0 Å². The molecule has 6 nitrogen and oxygen atoms in total. The Morgan fingerprint density at radius 3 is 1.16 bits per heavy atom. The highest BCUT2D eigenvalue weighted by Gasteiger charge is 2.30. The van der Waals surface area contributed by atoms with Crippen molar-refractivity contribution in [3.05, 3.63) is 35.7 Å². The first kappa shape index (κ1) is 17.9. The van der Waals surface area contributed by atoms with Crippen LogP contribution in [0.3, 0.4) is 0 Å². The lowest BCUT2D eigenvalue weighted by atomic mass is 10.6. The molecule has 134 valence electrons. The summed E-state index contributed by atoms with van der Waals surface area (Å²) in [7, 11) is -0.908. The van der Waals surface area contributed by atoms with E-state index in [-0.39, 0.29) is 0 Å². The van der Waals surface area contributed by atoms with Crippen molar-refractivity contribution in [2.45, 2.75) is 61.2 Å². The summed E-state index contributed by atoms with van der Waals surface area (Å²) in [4.78, 5) is 14.7. The standard InChI is InChI=1S/C18H27N6P/c1-7-22-10-13(4)19-16(22)25(17-20-14(5)11-23(17)8-2)18-21-15(6)12-24(18)9-3/h10-12H,7-9H2,1-6H3. The van der Waals surface area contributed by atoms with Crippen molar-refractivity contribution < 1.29 is 0 Å². The minimum Gasteiger partial charge on any atom is -0.331 e. The van der Waals surface area contributed by atoms with E-state index in [1.807, 2.05) is 0 Å². The monoisotopic (exact) mass is 358 g/mol. The average molecular weight is 358 g/mol. The summed E-state index contributed by atoms with van der Waals surface area (Å²) in [6, 6.07) is 0. The zero-order chi connectivity index (χ0) is 18.1. The molecule has 0 radical (unpaired) electrons. The lowest BCUT2D eigenvalue weighted by molar-refractivity contribution is 0.772. The molecule has 0 spiro atoms. The number of nitrogens with zero attached hydrogens (tertiary/aromatic N) is 6. The Hall–Kier alpha value is -1.94. The molecule has 0 aliphatic heterocycles. The molecule has 3 aromatic heterocycles. The van der Waals surface area contributed by atoms with Gasteiger partial charge in [0.25, 0.3) is 0 Å². The molecule has 0 aliphatic carbocycles. The minimum absolute atomic E-state index is 0.895. The summed E-state index contributed by atoms with van der Waals surface area (Å²) in [5.41, 5.74) is 6.37. The Morgan fingerprint density at radius 2 is 0.920 bits per heavy atom. The Bertz CT molecular complexity index is 758. The topological polar surface area (TPSA) is 53.5 Å². The fraction of sp³-hybridized carbons (Fsp3) is 0.500. The molecule has 0 aliphatic rings. The van der Waals surface area contributed by atoms with Gasteiger partial charge in [-0.05, 0) is 41.5 Å². The van der Waals surface area contributed by atoms with Crippen LogP contribution in [0.5, 0.6) is 0 Å². The molecule has 0 saturated carbocycles. The summed E-state index contributed by atoms with van der Waals surface area (Å²) in [5, 5.41) is 0. The SMILES string of the molecule is CCn1cc(C)nc1P(c1nc(C)cn1CC)c1nc(C)cn1CC. The molecule has 0 fully saturated rings. The minimum atomic E-state index is -0.908. The second kappa shape index (κ2) is 7.12. The number of rotatable bonds is 6. The van der Waals surface area contributed by atoms with Gasteiger partial charge in [-0.15, -0.1) is 0 Å². The highest BCUT2D eigenvalue weighted by Crippen LogP contribution is 2.31. The van der Waals surface area contributed by atoms with Crippen molar-refractivity contribution in [3.8, 4) is 0 Å². The molecule has 0 N–H and O–H groups in total. The van der Waals surface area contributed by atoms with E-state index < -0.39 is 7.92 Å². The molecule has 0 unspecified atom stereocenters. The van der Waals surface area contributed by atoms with Gasteiger partial charge in [0.1, 0.15) is 24.6 Å². The molecule has 3 aromatic rings. The first-order valence-corrected chi connectivity index (χ1v) is 10.2. The van der Waals surface area contributed by atoms with Crippen LogP contribution in [0.4, 0.5) is 0 Å². The molecule has 0 atom stereocenters. The lowest BCUT2D eigenvalue weighted by Crippen LogP contribution is -2.36. The summed E-state index contributed by atoms with van der Waals surface area (Å²) in [6.07, 6.45) is 6.38. The van der Waals surface area contributed by atoms with E-state index >= 15 is 0 Å². The molecular formula is C18H27N6P. The van der Waals surface area contributed by atoms with Crippen molar-refractivity contribution in [1.82, 2.24) is 28.7 Å². The molecular weight excluding hydrogens is 331 g/mol. The van der Waals surface area contributed by atoms with E-state index in [2.05, 4.69) is 73.8 Å². The van der Waals surface area contributed by atoms with E-state index in [9.17, 15) is 0 Å². The number of aromatic nitrogens is 6. The Morgan fingerprint density at radius 1 is 0.640 bits per heavy atom. The summed E-state index contributed by atoms with van der Waals surface area (Å²) in [5.74, 6) is 0. The Kier molecular flexibility index (Phi) is 5.09. The van der Waals surface area contributed by atoms with Gasteiger partial charge < -0.3 is 13.7 Å². The zero-order valence-electron chi connectivity index (χ0n) is 16.0. The predicted octanol–water partition coefficient (Wildman–Crippen LogP) is 2.02. The molecule has 3 heterocycles. The maximum absolute atomic E-state index is 4.89. The number of aryl methyl sites for hydroxylation is 6. The van der Waals surface area contributed by atoms with E-state index in [0.29, 0.717) is 0 Å². The third-order valence-corrected chi connectivity index (χ3v) is 6.52. The first-order valence-electron chi connectivity index (χ1n) is 8.89. The maximum atomic E-state index is 4.89. The Labute approximate surface area is 150 Å². The van der Waals surface area contributed by atoms with Gasteiger partial charge in [0.2, 0.25) is 0 Å². The zero-order valence-corrected chi connectivity index (χ0v) is 16.9. The maximum Gasteiger partial charge on any atom is 0.147 e. The van der Waals surface area contributed by atoms with E-state index in [0.717, 1.165) is 53.4 Å². The summed E-state index contributed by atoms with van der Waals surface area (Å²) < 4.78 is 6.74. The second-order valence-corrected chi connectivity index (χ2v) is 8.11. The van der Waals surface area contributed by atoms with Gasteiger partial charge in [0.05, 0.1) is 17.1 Å². The van der Waals surface area contributed by atoms with Crippen molar-refractivity contribution in [2.75, 3.05) is 0 Å². The van der Waals surface area contributed by atoms with Gasteiger partial charge in [-0.25, -0.2) is 15.0 Å². The fourth-order valence-electron chi connectivity index (χ4n) is 3.10. The van der Waals surface area contributed by atoms with Crippen LogP contribution in [0.2, 0.25) is 0 Å². The van der Waals surface area contributed by atoms with Crippen molar-refractivity contribution in [2.24, 2.45) is 0 Å². The van der Waals surface area contributed by atoms with Crippen LogP contribution < -0.4 is 16.7 Å². The van der Waals surface area contributed by atoms with Crippen LogP contribution >= 0.6 is 7.92 Å².